The molecule has 0 saturated heterocycles. The maximum atomic E-state index is 10.6. The van der Waals surface area contributed by atoms with Gasteiger partial charge in [0.05, 0.1) is 18.8 Å². The van der Waals surface area contributed by atoms with Crippen LogP contribution >= 0.6 is 0 Å². The third-order valence-electron chi connectivity index (χ3n) is 6.39. The molecule has 0 aromatic heterocycles. The summed E-state index contributed by atoms with van der Waals surface area (Å²) in [5.74, 6) is 0.256. The van der Waals surface area contributed by atoms with Crippen molar-refractivity contribution in [1.82, 2.24) is 5.32 Å². The molecule has 0 saturated carbocycles. The number of β-amino-alcohol motifs (C(OH)–C–C–N with tert-alkyl or cyclic N) is 1. The van der Waals surface area contributed by atoms with Crippen molar-refractivity contribution in [2.75, 3.05) is 13.2 Å². The van der Waals surface area contributed by atoms with E-state index in [1.165, 1.54) is 16.3 Å². The van der Waals surface area contributed by atoms with Crippen molar-refractivity contribution in [2.24, 2.45) is 0 Å². The maximum absolute atomic E-state index is 10.6. The average Bonchev–Trinajstić information content (AvgIpc) is 2.86. The average molecular weight is 470 g/mol. The van der Waals surface area contributed by atoms with E-state index in [0.29, 0.717) is 6.54 Å². The molecular weight excluding hydrogens is 434 g/mol. The molecule has 4 nitrogen and oxygen atoms in total. The number of aliphatic hydroxyl groups excluding tert-OH is 1. The number of phenols is 1. The summed E-state index contributed by atoms with van der Waals surface area (Å²) in [6.45, 7) is 6.98. The van der Waals surface area contributed by atoms with Gasteiger partial charge in [0.1, 0.15) is 5.75 Å². The van der Waals surface area contributed by atoms with Crippen LogP contribution in [-0.4, -0.2) is 35.0 Å². The lowest BCUT2D eigenvalue weighted by molar-refractivity contribution is -0.00416. The number of para-hydroxylation sites is 1. The molecule has 0 aliphatic heterocycles. The fourth-order valence-electron chi connectivity index (χ4n) is 4.40. The number of ether oxygens (including phenoxy) is 1. The van der Waals surface area contributed by atoms with Crippen molar-refractivity contribution in [3.05, 3.63) is 102 Å². The molecule has 4 heteroatoms. The SMILES string of the molecule is CC(OC[C@H](O)CNC(C)(C)Cc1ccc2ccccc2c1)c1cccc(-c2ccccc2O)c1. The van der Waals surface area contributed by atoms with Crippen LogP contribution in [0.25, 0.3) is 21.9 Å². The first kappa shape index (κ1) is 24.9. The summed E-state index contributed by atoms with van der Waals surface area (Å²) in [5, 5.41) is 26.7. The minimum Gasteiger partial charge on any atom is -0.507 e. The van der Waals surface area contributed by atoms with E-state index < -0.39 is 6.10 Å². The van der Waals surface area contributed by atoms with Crippen molar-refractivity contribution < 1.29 is 14.9 Å². The molecule has 1 unspecified atom stereocenters. The van der Waals surface area contributed by atoms with Crippen molar-refractivity contribution in [1.29, 1.82) is 0 Å². The standard InChI is InChI=1S/C31H35NO3/c1-22(25-11-8-12-27(18-25)29-13-6-7-14-30(29)34)35-21-28(33)20-32-31(2,3)19-23-15-16-24-9-4-5-10-26(24)17-23/h4-18,22,28,32-34H,19-21H2,1-3H3/t22?,28-/m1/s1. The molecule has 0 radical (unpaired) electrons. The van der Waals surface area contributed by atoms with Crippen LogP contribution < -0.4 is 5.32 Å². The summed E-state index contributed by atoms with van der Waals surface area (Å²) in [6.07, 6.45) is 0.0664. The Morgan fingerprint density at radius 2 is 1.60 bits per heavy atom. The molecule has 0 aliphatic carbocycles. The van der Waals surface area contributed by atoms with E-state index in [1.807, 2.05) is 49.4 Å². The number of rotatable bonds is 10. The van der Waals surface area contributed by atoms with Crippen LogP contribution in [0.1, 0.15) is 38.0 Å². The second-order valence-corrected chi connectivity index (χ2v) is 9.90. The van der Waals surface area contributed by atoms with Gasteiger partial charge in [-0.3, -0.25) is 0 Å². The minimum absolute atomic E-state index is 0.166. The fraction of sp³-hybridized carbons (Fsp3) is 0.290. The van der Waals surface area contributed by atoms with Gasteiger partial charge in [0.2, 0.25) is 0 Å². The summed E-state index contributed by atoms with van der Waals surface area (Å²) in [7, 11) is 0. The normalized spacial score (nSPS) is 13.6. The molecule has 0 amide bonds. The number of hydrogen-bond donors (Lipinski definition) is 3. The quantitative estimate of drug-likeness (QED) is 0.256. The highest BCUT2D eigenvalue weighted by Gasteiger charge is 2.20. The highest BCUT2D eigenvalue weighted by molar-refractivity contribution is 5.83. The van der Waals surface area contributed by atoms with Gasteiger partial charge >= 0.3 is 0 Å². The van der Waals surface area contributed by atoms with E-state index in [2.05, 4.69) is 61.6 Å². The lowest BCUT2D eigenvalue weighted by atomic mass is 9.93. The fourth-order valence-corrected chi connectivity index (χ4v) is 4.40. The Morgan fingerprint density at radius 3 is 2.40 bits per heavy atom. The van der Waals surface area contributed by atoms with E-state index in [9.17, 15) is 10.2 Å². The third kappa shape index (κ3) is 6.70. The van der Waals surface area contributed by atoms with Crippen molar-refractivity contribution in [2.45, 2.75) is 44.9 Å². The highest BCUT2D eigenvalue weighted by Crippen LogP contribution is 2.31. The molecule has 0 heterocycles. The van der Waals surface area contributed by atoms with Gasteiger partial charge in [-0.15, -0.1) is 0 Å². The number of fused-ring (bicyclic) bond motifs is 1. The topological polar surface area (TPSA) is 61.7 Å². The first-order chi connectivity index (χ1) is 16.8. The molecule has 0 bridgehead atoms. The second-order valence-electron chi connectivity index (χ2n) is 9.90. The zero-order valence-electron chi connectivity index (χ0n) is 20.7. The van der Waals surface area contributed by atoms with Gasteiger partial charge in [0.25, 0.3) is 0 Å². The molecule has 35 heavy (non-hydrogen) atoms. The summed E-state index contributed by atoms with van der Waals surface area (Å²) in [4.78, 5) is 0. The first-order valence-electron chi connectivity index (χ1n) is 12.2. The van der Waals surface area contributed by atoms with E-state index in [1.54, 1.807) is 6.07 Å². The number of nitrogens with one attached hydrogen (secondary N) is 1. The van der Waals surface area contributed by atoms with Crippen LogP contribution in [0.4, 0.5) is 0 Å². The molecule has 4 aromatic rings. The summed E-state index contributed by atoms with van der Waals surface area (Å²) < 4.78 is 5.99. The Labute approximate surface area is 208 Å². The Kier molecular flexibility index (Phi) is 7.86. The molecule has 4 aromatic carbocycles. The summed E-state index contributed by atoms with van der Waals surface area (Å²) in [6, 6.07) is 30.2. The van der Waals surface area contributed by atoms with E-state index >= 15 is 0 Å². The minimum atomic E-state index is -0.616. The van der Waals surface area contributed by atoms with Crippen LogP contribution in [0.15, 0.2) is 91.0 Å². The molecular formula is C31H35NO3. The van der Waals surface area contributed by atoms with Gasteiger partial charge in [-0.25, -0.2) is 0 Å². The predicted octanol–water partition coefficient (Wildman–Crippen LogP) is 6.26. The lowest BCUT2D eigenvalue weighted by Crippen LogP contribution is -2.46. The van der Waals surface area contributed by atoms with E-state index in [-0.39, 0.29) is 24.0 Å². The zero-order chi connectivity index (χ0) is 24.8. The summed E-state index contributed by atoms with van der Waals surface area (Å²) >= 11 is 0. The molecule has 3 N–H and O–H groups in total. The second kappa shape index (κ2) is 11.0. The van der Waals surface area contributed by atoms with Crippen molar-refractivity contribution in [3.63, 3.8) is 0 Å². The van der Waals surface area contributed by atoms with Gasteiger partial charge in [-0.2, -0.15) is 0 Å². The first-order valence-corrected chi connectivity index (χ1v) is 12.2. The number of phenolic OH excluding ortho intramolecular Hbond substituents is 1. The number of aromatic hydroxyl groups is 1. The van der Waals surface area contributed by atoms with E-state index in [4.69, 9.17) is 4.74 Å². The zero-order valence-corrected chi connectivity index (χ0v) is 20.7. The molecule has 4 rings (SSSR count). The number of benzene rings is 4. The predicted molar refractivity (Wildman–Crippen MR) is 144 cm³/mol. The summed E-state index contributed by atoms with van der Waals surface area (Å²) in [5.41, 5.74) is 3.83. The van der Waals surface area contributed by atoms with Crippen molar-refractivity contribution >= 4 is 10.8 Å². The Morgan fingerprint density at radius 1 is 0.857 bits per heavy atom. The Balaban J connectivity index is 1.28. The molecule has 182 valence electrons. The Bertz CT molecular complexity index is 1270. The maximum Gasteiger partial charge on any atom is 0.123 e. The van der Waals surface area contributed by atoms with Gasteiger partial charge in [0, 0.05) is 17.6 Å². The third-order valence-corrected chi connectivity index (χ3v) is 6.39. The largest absolute Gasteiger partial charge is 0.507 e. The van der Waals surface area contributed by atoms with E-state index in [0.717, 1.165) is 23.1 Å². The van der Waals surface area contributed by atoms with Crippen molar-refractivity contribution in [3.8, 4) is 16.9 Å². The smallest absolute Gasteiger partial charge is 0.123 e. The van der Waals surface area contributed by atoms with Crippen LogP contribution in [0, 0.1) is 0 Å². The molecule has 0 aliphatic rings. The number of aliphatic hydroxyl groups is 1. The van der Waals surface area contributed by atoms with Crippen LogP contribution in [0.5, 0.6) is 5.75 Å². The van der Waals surface area contributed by atoms with Gasteiger partial charge < -0.3 is 20.3 Å². The monoisotopic (exact) mass is 469 g/mol. The van der Waals surface area contributed by atoms with Crippen LogP contribution in [0.3, 0.4) is 0 Å². The molecule has 2 atom stereocenters. The van der Waals surface area contributed by atoms with Crippen LogP contribution in [-0.2, 0) is 11.2 Å². The molecule has 0 spiro atoms. The lowest BCUT2D eigenvalue weighted by Gasteiger charge is -2.28. The Hall–Kier alpha value is -3.18. The highest BCUT2D eigenvalue weighted by atomic mass is 16.5. The van der Waals surface area contributed by atoms with Gasteiger partial charge in [0.15, 0.2) is 0 Å². The van der Waals surface area contributed by atoms with Gasteiger partial charge in [-0.05, 0) is 66.8 Å². The number of hydrogen-bond acceptors (Lipinski definition) is 4. The molecule has 0 fully saturated rings. The van der Waals surface area contributed by atoms with Crippen LogP contribution in [0.2, 0.25) is 0 Å². The van der Waals surface area contributed by atoms with Gasteiger partial charge in [-0.1, -0.05) is 78.9 Å².